The second-order valence-electron chi connectivity index (χ2n) is 9.40. The van der Waals surface area contributed by atoms with E-state index < -0.39 is 17.2 Å². The van der Waals surface area contributed by atoms with Crippen molar-refractivity contribution < 1.29 is 14.7 Å². The molecular weight excluding hydrogens is 416 g/mol. The number of benzene rings is 2. The van der Waals surface area contributed by atoms with Crippen molar-refractivity contribution in [3.05, 3.63) is 70.8 Å². The van der Waals surface area contributed by atoms with Crippen LogP contribution in [0.15, 0.2) is 53.5 Å². The van der Waals surface area contributed by atoms with Crippen LogP contribution in [0, 0.1) is 0 Å². The maximum absolute atomic E-state index is 13.1. The largest absolute Gasteiger partial charge is 0.387 e. The summed E-state index contributed by atoms with van der Waals surface area (Å²) in [5.74, 6) is -0.107. The molecule has 2 aromatic rings. The van der Waals surface area contributed by atoms with Crippen molar-refractivity contribution in [1.82, 2.24) is 10.2 Å². The topological polar surface area (TPSA) is 108 Å². The van der Waals surface area contributed by atoms with Gasteiger partial charge in [-0.2, -0.15) is 0 Å². The van der Waals surface area contributed by atoms with Crippen LogP contribution in [0.1, 0.15) is 73.1 Å². The van der Waals surface area contributed by atoms with E-state index in [-0.39, 0.29) is 24.3 Å². The molecular formula is C26H32N4O3. The van der Waals surface area contributed by atoms with E-state index in [1.807, 2.05) is 44.2 Å². The summed E-state index contributed by atoms with van der Waals surface area (Å²) >= 11 is 0. The van der Waals surface area contributed by atoms with E-state index in [2.05, 4.69) is 10.3 Å². The van der Waals surface area contributed by atoms with Gasteiger partial charge in [0.15, 0.2) is 5.96 Å². The molecule has 1 heterocycles. The number of nitrogens with zero attached hydrogens (tertiary/aromatic N) is 2. The molecule has 0 aromatic heterocycles. The number of guanidine groups is 1. The van der Waals surface area contributed by atoms with Gasteiger partial charge in [0.05, 0.1) is 30.1 Å². The van der Waals surface area contributed by atoms with E-state index in [1.165, 1.54) is 4.90 Å². The van der Waals surface area contributed by atoms with Crippen LogP contribution >= 0.6 is 0 Å². The van der Waals surface area contributed by atoms with Crippen molar-refractivity contribution in [2.24, 2.45) is 10.7 Å². The van der Waals surface area contributed by atoms with Crippen molar-refractivity contribution >= 4 is 17.8 Å². The predicted molar refractivity (Wildman–Crippen MR) is 128 cm³/mol. The third-order valence-electron chi connectivity index (χ3n) is 7.07. The number of nitrogens with one attached hydrogen (secondary N) is 1. The molecule has 7 nitrogen and oxygen atoms in total. The number of hydrogen-bond donors (Lipinski definition) is 3. The van der Waals surface area contributed by atoms with Gasteiger partial charge >= 0.3 is 0 Å². The molecule has 0 saturated heterocycles. The second kappa shape index (κ2) is 8.63. The van der Waals surface area contributed by atoms with E-state index in [4.69, 9.17) is 5.73 Å². The summed E-state index contributed by atoms with van der Waals surface area (Å²) in [7, 11) is 0. The highest BCUT2D eigenvalue weighted by atomic mass is 16.3. The molecule has 1 aliphatic heterocycles. The van der Waals surface area contributed by atoms with E-state index in [0.29, 0.717) is 18.4 Å². The van der Waals surface area contributed by atoms with Crippen LogP contribution in [-0.4, -0.2) is 38.9 Å². The van der Waals surface area contributed by atoms with Crippen LogP contribution in [0.25, 0.3) is 0 Å². The number of hydrogen-bond acceptors (Lipinski definition) is 5. The Bertz CT molecular complexity index is 1100. The Kier molecular flexibility index (Phi) is 6.01. The average Bonchev–Trinajstić information content (AvgIpc) is 3.05. The minimum atomic E-state index is -1.06. The smallest absolute Gasteiger partial charge is 0.251 e. The third kappa shape index (κ3) is 4.37. The lowest BCUT2D eigenvalue weighted by atomic mass is 9.88. The minimum absolute atomic E-state index is 0.0559. The van der Waals surface area contributed by atoms with E-state index in [1.54, 1.807) is 25.1 Å². The number of fused-ring (bicyclic) bond motifs is 1. The van der Waals surface area contributed by atoms with Gasteiger partial charge in [-0.05, 0) is 48.6 Å². The first-order valence-electron chi connectivity index (χ1n) is 11.5. The molecule has 4 N–H and O–H groups in total. The van der Waals surface area contributed by atoms with Gasteiger partial charge in [-0.1, -0.05) is 50.2 Å². The Morgan fingerprint density at radius 3 is 2.61 bits per heavy atom. The highest BCUT2D eigenvalue weighted by molar-refractivity contribution is 5.99. The van der Waals surface area contributed by atoms with Crippen molar-refractivity contribution in [3.63, 3.8) is 0 Å². The Hall–Kier alpha value is -3.19. The molecule has 0 fully saturated rings. The van der Waals surface area contributed by atoms with E-state index in [9.17, 15) is 14.7 Å². The summed E-state index contributed by atoms with van der Waals surface area (Å²) < 4.78 is 0. The lowest BCUT2D eigenvalue weighted by molar-refractivity contribution is -0.130. The summed E-state index contributed by atoms with van der Waals surface area (Å²) in [6.45, 7) is 6.03. The summed E-state index contributed by atoms with van der Waals surface area (Å²) in [5, 5.41) is 13.9. The molecule has 7 heteroatoms. The number of carbonyl (C=O) groups excluding carboxylic acids is 2. The van der Waals surface area contributed by atoms with Crippen LogP contribution in [0.2, 0.25) is 0 Å². The summed E-state index contributed by atoms with van der Waals surface area (Å²) in [6, 6.07) is 14.4. The van der Waals surface area contributed by atoms with Crippen LogP contribution in [0.3, 0.4) is 0 Å². The second-order valence-corrected chi connectivity index (χ2v) is 9.40. The maximum Gasteiger partial charge on any atom is 0.251 e. The number of amides is 2. The molecule has 4 rings (SSSR count). The monoisotopic (exact) mass is 448 g/mol. The Labute approximate surface area is 194 Å². The van der Waals surface area contributed by atoms with Gasteiger partial charge in [-0.3, -0.25) is 14.5 Å². The fourth-order valence-electron chi connectivity index (χ4n) is 4.92. The van der Waals surface area contributed by atoms with Gasteiger partial charge in [-0.15, -0.1) is 0 Å². The van der Waals surface area contributed by atoms with Crippen LogP contribution in [0.4, 0.5) is 0 Å². The molecule has 2 aliphatic rings. The maximum atomic E-state index is 13.1. The standard InChI is InChI=1S/C26H32N4O3/c1-4-26(5-2)15-21(31)30(24(27)29-26)16-17-9-8-11-18(13-17)23(32)28-22-20-12-7-6-10-19(20)14-25(22,3)33/h6-13,22,33H,4-5,14-16H2,1-3H3,(H2,27,29)(H,28,32). The molecule has 0 bridgehead atoms. The molecule has 2 amide bonds. The SMILES string of the molecule is CCC1(CC)CC(=O)N(Cc2cccc(C(=O)NC3c4ccccc4CC3(C)O)c2)C(N)=N1. The van der Waals surface area contributed by atoms with Crippen LogP contribution in [-0.2, 0) is 17.8 Å². The molecule has 1 aliphatic carbocycles. The molecule has 0 spiro atoms. The van der Waals surface area contributed by atoms with Gasteiger partial charge in [0.25, 0.3) is 5.91 Å². The first kappa shape index (κ1) is 23.0. The molecule has 0 radical (unpaired) electrons. The van der Waals surface area contributed by atoms with Gasteiger partial charge in [0.2, 0.25) is 5.91 Å². The van der Waals surface area contributed by atoms with Crippen molar-refractivity contribution in [2.75, 3.05) is 0 Å². The molecule has 174 valence electrons. The van der Waals surface area contributed by atoms with Crippen molar-refractivity contribution in [1.29, 1.82) is 0 Å². The highest BCUT2D eigenvalue weighted by Crippen LogP contribution is 2.39. The Balaban J connectivity index is 1.52. The molecule has 33 heavy (non-hydrogen) atoms. The Morgan fingerprint density at radius 2 is 1.91 bits per heavy atom. The van der Waals surface area contributed by atoms with Crippen molar-refractivity contribution in [2.45, 2.75) is 70.2 Å². The quantitative estimate of drug-likeness (QED) is 0.631. The predicted octanol–water partition coefficient (Wildman–Crippen LogP) is 3.07. The van der Waals surface area contributed by atoms with Crippen molar-refractivity contribution in [3.8, 4) is 0 Å². The first-order valence-corrected chi connectivity index (χ1v) is 11.5. The third-order valence-corrected chi connectivity index (χ3v) is 7.07. The molecule has 2 atom stereocenters. The molecule has 2 aromatic carbocycles. The Morgan fingerprint density at radius 1 is 1.18 bits per heavy atom. The highest BCUT2D eigenvalue weighted by Gasteiger charge is 2.42. The lowest BCUT2D eigenvalue weighted by Crippen LogP contribution is -2.50. The van der Waals surface area contributed by atoms with Gasteiger partial charge in [-0.25, -0.2) is 4.99 Å². The zero-order valence-corrected chi connectivity index (χ0v) is 19.5. The van der Waals surface area contributed by atoms with Crippen LogP contribution < -0.4 is 11.1 Å². The fourth-order valence-corrected chi connectivity index (χ4v) is 4.92. The first-order chi connectivity index (χ1) is 15.7. The summed E-state index contributed by atoms with van der Waals surface area (Å²) in [5.41, 5.74) is 7.91. The number of aliphatic imine (C=N–C) groups is 1. The van der Waals surface area contributed by atoms with E-state index >= 15 is 0 Å². The lowest BCUT2D eigenvalue weighted by Gasteiger charge is -2.36. The van der Waals surface area contributed by atoms with Gasteiger partial charge in [0, 0.05) is 12.0 Å². The summed E-state index contributed by atoms with van der Waals surface area (Å²) in [4.78, 5) is 32.0. The normalized spacial score (nSPS) is 23.8. The minimum Gasteiger partial charge on any atom is -0.387 e. The number of rotatable bonds is 6. The number of nitrogens with two attached hydrogens (primary N) is 1. The summed E-state index contributed by atoms with van der Waals surface area (Å²) in [6.07, 6.45) is 2.33. The zero-order valence-electron chi connectivity index (χ0n) is 19.5. The van der Waals surface area contributed by atoms with E-state index in [0.717, 1.165) is 29.5 Å². The number of carbonyl (C=O) groups is 2. The average molecular weight is 449 g/mol. The molecule has 0 saturated carbocycles. The van der Waals surface area contributed by atoms with Gasteiger partial charge < -0.3 is 16.2 Å². The fraction of sp³-hybridized carbons (Fsp3) is 0.423. The van der Waals surface area contributed by atoms with Gasteiger partial charge in [0.1, 0.15) is 0 Å². The number of aliphatic hydroxyl groups is 1. The van der Waals surface area contributed by atoms with Crippen LogP contribution in [0.5, 0.6) is 0 Å². The molecule has 2 unspecified atom stereocenters. The zero-order chi connectivity index (χ0) is 23.8.